The monoisotopic (exact) mass is 522 g/mol. The molecule has 3 N–H and O–H groups in total. The van der Waals surface area contributed by atoms with Crippen molar-refractivity contribution in [1.29, 1.82) is 0 Å². The lowest BCUT2D eigenvalue weighted by molar-refractivity contribution is -0.128. The first-order valence-corrected chi connectivity index (χ1v) is 14.3. The molecule has 38 heavy (non-hydrogen) atoms. The first-order valence-electron chi connectivity index (χ1n) is 14.3. The van der Waals surface area contributed by atoms with Crippen LogP contribution in [0, 0.1) is 34.5 Å². The van der Waals surface area contributed by atoms with E-state index in [0.29, 0.717) is 36.5 Å². The molecule has 0 bridgehead atoms. The molecule has 3 fully saturated rings. The number of phenolic OH excluding ortho intramolecular Hbond substituents is 2. The number of phenols is 2. The van der Waals surface area contributed by atoms with Crippen LogP contribution in [-0.4, -0.2) is 40.8 Å². The van der Waals surface area contributed by atoms with Crippen LogP contribution in [0.15, 0.2) is 35.0 Å². The molecule has 1 aromatic rings. The van der Waals surface area contributed by atoms with Crippen LogP contribution in [0.1, 0.15) is 77.7 Å². The molecular formula is C31H42N2O5. The standard InChI is InChI=1S/C31H42N2O5/c1-19(34)24-7-8-25-23-6-5-21-17-22(10-13-30(21,2)26(23)11-14-31(24,25)3)33-38-18-29(37)32-15-12-20-4-9-27(35)28(36)16-20/h4,9,16-17,23-26,35-36H,5-8,10-15,18H2,1-3H3,(H,32,37)/t23-,24+,25-,26-,30-,31+/m0/s1. The molecule has 0 aliphatic heterocycles. The number of rotatable bonds is 7. The van der Waals surface area contributed by atoms with Gasteiger partial charge in [-0.15, -0.1) is 0 Å². The van der Waals surface area contributed by atoms with Crippen LogP contribution in [0.5, 0.6) is 11.5 Å². The number of hydrogen-bond donors (Lipinski definition) is 3. The van der Waals surface area contributed by atoms with Crippen LogP contribution >= 0.6 is 0 Å². The quantitative estimate of drug-likeness (QED) is 0.333. The van der Waals surface area contributed by atoms with Crippen molar-refractivity contribution in [2.75, 3.05) is 13.2 Å². The van der Waals surface area contributed by atoms with E-state index in [1.54, 1.807) is 13.0 Å². The maximum Gasteiger partial charge on any atom is 0.260 e. The van der Waals surface area contributed by atoms with Gasteiger partial charge in [0.15, 0.2) is 18.1 Å². The topological polar surface area (TPSA) is 108 Å². The molecular weight excluding hydrogens is 480 g/mol. The Morgan fingerprint density at radius 3 is 2.63 bits per heavy atom. The molecule has 6 atom stereocenters. The normalized spacial score (nSPS) is 35.0. The number of carbonyl (C=O) groups excluding carboxylic acids is 2. The van der Waals surface area contributed by atoms with Crippen molar-refractivity contribution in [1.82, 2.24) is 5.32 Å². The van der Waals surface area contributed by atoms with Gasteiger partial charge in [-0.05, 0) is 117 Å². The largest absolute Gasteiger partial charge is 0.504 e. The minimum atomic E-state index is -0.239. The minimum absolute atomic E-state index is 0.132. The van der Waals surface area contributed by atoms with E-state index in [2.05, 4.69) is 30.4 Å². The number of ketones is 1. The Morgan fingerprint density at radius 1 is 1.05 bits per heavy atom. The van der Waals surface area contributed by atoms with Gasteiger partial charge < -0.3 is 20.4 Å². The molecule has 1 amide bonds. The molecule has 7 nitrogen and oxygen atoms in total. The van der Waals surface area contributed by atoms with Gasteiger partial charge in [0.25, 0.3) is 5.91 Å². The summed E-state index contributed by atoms with van der Waals surface area (Å²) in [5, 5.41) is 26.1. The Labute approximate surface area is 225 Å². The molecule has 5 rings (SSSR count). The van der Waals surface area contributed by atoms with Crippen LogP contribution in [0.3, 0.4) is 0 Å². The SMILES string of the molecule is CC(=O)[C@H]1CC[C@H]2[C@@H]3CCC4=CC(=NOCC(=O)NCCc5ccc(O)c(O)c5)CC[C@]4(C)[C@H]3CC[C@]12C. The Morgan fingerprint density at radius 2 is 1.87 bits per heavy atom. The summed E-state index contributed by atoms with van der Waals surface area (Å²) in [6.07, 6.45) is 11.6. The van der Waals surface area contributed by atoms with Gasteiger partial charge in [0.2, 0.25) is 0 Å². The molecule has 206 valence electrons. The summed E-state index contributed by atoms with van der Waals surface area (Å²) >= 11 is 0. The molecule has 0 aromatic heterocycles. The summed E-state index contributed by atoms with van der Waals surface area (Å²) in [5.41, 5.74) is 3.60. The van der Waals surface area contributed by atoms with Crippen molar-refractivity contribution in [2.24, 2.45) is 39.7 Å². The smallest absolute Gasteiger partial charge is 0.260 e. The third-order valence-electron chi connectivity index (χ3n) is 10.6. The van der Waals surface area contributed by atoms with Gasteiger partial charge in [-0.25, -0.2) is 0 Å². The molecule has 4 aliphatic rings. The van der Waals surface area contributed by atoms with Crippen LogP contribution in [0.25, 0.3) is 0 Å². The second-order valence-electron chi connectivity index (χ2n) is 12.6. The predicted molar refractivity (Wildman–Crippen MR) is 146 cm³/mol. The first kappa shape index (κ1) is 26.8. The number of hydrogen-bond acceptors (Lipinski definition) is 6. The predicted octanol–water partition coefficient (Wildman–Crippen LogP) is 5.30. The summed E-state index contributed by atoms with van der Waals surface area (Å²) < 4.78 is 0. The summed E-state index contributed by atoms with van der Waals surface area (Å²) in [5.74, 6) is 2.14. The van der Waals surface area contributed by atoms with Gasteiger partial charge in [-0.3, -0.25) is 9.59 Å². The number of amides is 1. The first-order chi connectivity index (χ1) is 18.1. The van der Waals surface area contributed by atoms with E-state index < -0.39 is 0 Å². The molecule has 4 aliphatic carbocycles. The molecule has 0 unspecified atom stereocenters. The van der Waals surface area contributed by atoms with Gasteiger partial charge in [0, 0.05) is 12.5 Å². The second-order valence-corrected chi connectivity index (χ2v) is 12.6. The molecule has 7 heteroatoms. The Bertz CT molecular complexity index is 1160. The highest BCUT2D eigenvalue weighted by Crippen LogP contribution is 2.66. The van der Waals surface area contributed by atoms with Crippen molar-refractivity contribution in [2.45, 2.75) is 78.6 Å². The number of nitrogens with zero attached hydrogens (tertiary/aromatic N) is 1. The summed E-state index contributed by atoms with van der Waals surface area (Å²) in [6, 6.07) is 4.64. The number of aromatic hydroxyl groups is 2. The van der Waals surface area contributed by atoms with E-state index in [1.807, 2.05) is 0 Å². The van der Waals surface area contributed by atoms with E-state index in [4.69, 9.17) is 4.84 Å². The van der Waals surface area contributed by atoms with Gasteiger partial charge in [-0.2, -0.15) is 0 Å². The second kappa shape index (κ2) is 10.4. The Kier molecular flexibility index (Phi) is 7.31. The van der Waals surface area contributed by atoms with Crippen LogP contribution < -0.4 is 5.32 Å². The maximum absolute atomic E-state index is 12.4. The molecule has 0 radical (unpaired) electrons. The Balaban J connectivity index is 1.14. The van der Waals surface area contributed by atoms with Gasteiger partial charge in [0.05, 0.1) is 5.71 Å². The van der Waals surface area contributed by atoms with Gasteiger partial charge in [0.1, 0.15) is 5.78 Å². The molecule has 0 saturated heterocycles. The number of benzene rings is 1. The summed E-state index contributed by atoms with van der Waals surface area (Å²) in [6.45, 7) is 6.92. The van der Waals surface area contributed by atoms with E-state index >= 15 is 0 Å². The minimum Gasteiger partial charge on any atom is -0.504 e. The fourth-order valence-electron chi connectivity index (χ4n) is 8.61. The third-order valence-corrected chi connectivity index (χ3v) is 10.6. The van der Waals surface area contributed by atoms with Gasteiger partial charge >= 0.3 is 0 Å². The lowest BCUT2D eigenvalue weighted by atomic mass is 9.46. The summed E-state index contributed by atoms with van der Waals surface area (Å²) in [4.78, 5) is 30.0. The summed E-state index contributed by atoms with van der Waals surface area (Å²) in [7, 11) is 0. The highest BCUT2D eigenvalue weighted by Gasteiger charge is 2.59. The van der Waals surface area contributed by atoms with E-state index in [0.717, 1.165) is 37.0 Å². The lowest BCUT2D eigenvalue weighted by Gasteiger charge is -2.58. The van der Waals surface area contributed by atoms with Gasteiger partial charge in [-0.1, -0.05) is 30.6 Å². The van der Waals surface area contributed by atoms with E-state index in [9.17, 15) is 19.8 Å². The zero-order valence-corrected chi connectivity index (χ0v) is 23.0. The number of nitrogens with one attached hydrogen (secondary N) is 1. The number of carbonyl (C=O) groups is 2. The lowest BCUT2D eigenvalue weighted by Crippen LogP contribution is -2.51. The number of allylic oxidation sites excluding steroid dienone is 2. The van der Waals surface area contributed by atoms with Crippen molar-refractivity contribution < 1.29 is 24.6 Å². The molecule has 0 heterocycles. The highest BCUT2D eigenvalue weighted by atomic mass is 16.6. The fraction of sp³-hybridized carbons (Fsp3) is 0.645. The molecule has 0 spiro atoms. The fourth-order valence-corrected chi connectivity index (χ4v) is 8.61. The van der Waals surface area contributed by atoms with Crippen LogP contribution in [0.2, 0.25) is 0 Å². The third kappa shape index (κ3) is 4.85. The van der Waals surface area contributed by atoms with Crippen LogP contribution in [0.4, 0.5) is 0 Å². The van der Waals surface area contributed by atoms with Crippen molar-refractivity contribution in [3.8, 4) is 11.5 Å². The zero-order valence-electron chi connectivity index (χ0n) is 23.0. The highest BCUT2D eigenvalue weighted by molar-refractivity contribution is 5.96. The molecule has 1 aromatic carbocycles. The van der Waals surface area contributed by atoms with Crippen molar-refractivity contribution in [3.05, 3.63) is 35.4 Å². The molecule has 3 saturated carbocycles. The van der Waals surface area contributed by atoms with Crippen molar-refractivity contribution in [3.63, 3.8) is 0 Å². The van der Waals surface area contributed by atoms with E-state index in [1.165, 1.54) is 43.4 Å². The maximum atomic E-state index is 12.4. The Hall–Kier alpha value is -2.83. The number of Topliss-reactive ketones (excluding diaryl/α,β-unsaturated/α-hetero) is 1. The van der Waals surface area contributed by atoms with Crippen molar-refractivity contribution >= 4 is 17.4 Å². The average molecular weight is 523 g/mol. The number of fused-ring (bicyclic) bond motifs is 5. The number of oxime groups is 1. The van der Waals surface area contributed by atoms with E-state index in [-0.39, 0.29) is 40.8 Å². The average Bonchev–Trinajstić information content (AvgIpc) is 3.24. The zero-order chi connectivity index (χ0) is 27.1. The van der Waals surface area contributed by atoms with Crippen LogP contribution in [-0.2, 0) is 20.8 Å².